The number of hydrogen-bond acceptors (Lipinski definition) is 3. The van der Waals surface area contributed by atoms with Gasteiger partial charge in [-0.25, -0.2) is 4.39 Å². The van der Waals surface area contributed by atoms with Crippen molar-refractivity contribution in [3.63, 3.8) is 0 Å². The van der Waals surface area contributed by atoms with E-state index >= 15 is 0 Å². The van der Waals surface area contributed by atoms with E-state index in [1.807, 2.05) is 18.2 Å². The highest BCUT2D eigenvalue weighted by Gasteiger charge is 2.17. The summed E-state index contributed by atoms with van der Waals surface area (Å²) in [5.74, 6) is -0.643. The lowest BCUT2D eigenvalue weighted by molar-refractivity contribution is 0.102. The van der Waals surface area contributed by atoms with Gasteiger partial charge in [0.2, 0.25) is 0 Å². The summed E-state index contributed by atoms with van der Waals surface area (Å²) in [6.07, 6.45) is 0.636. The fourth-order valence-electron chi connectivity index (χ4n) is 2.74. The molecule has 1 aliphatic heterocycles. The maximum atomic E-state index is 14.5. The van der Waals surface area contributed by atoms with Crippen LogP contribution in [0.2, 0.25) is 0 Å². The number of carbonyl (C=O) groups is 1. The number of amides is 1. The van der Waals surface area contributed by atoms with E-state index in [9.17, 15) is 9.18 Å². The predicted molar refractivity (Wildman–Crippen MR) is 86.9 cm³/mol. The summed E-state index contributed by atoms with van der Waals surface area (Å²) in [6.45, 7) is 1.92. The third kappa shape index (κ3) is 3.41. The number of rotatable bonds is 4. The first-order chi connectivity index (χ1) is 11.2. The normalized spacial score (nSPS) is 13.5. The number of carbonyl (C=O) groups excluding carboxylic acids is 1. The van der Waals surface area contributed by atoms with E-state index in [-0.39, 0.29) is 17.4 Å². The molecule has 3 rings (SSSR count). The fourth-order valence-corrected chi connectivity index (χ4v) is 2.74. The van der Waals surface area contributed by atoms with Gasteiger partial charge < -0.3 is 15.4 Å². The lowest BCUT2D eigenvalue weighted by Crippen LogP contribution is -2.25. The predicted octanol–water partition coefficient (Wildman–Crippen LogP) is 2.87. The van der Waals surface area contributed by atoms with E-state index in [0.717, 1.165) is 17.7 Å². The number of halogens is 1. The molecule has 23 heavy (non-hydrogen) atoms. The molecule has 0 fully saturated rings. The van der Waals surface area contributed by atoms with Gasteiger partial charge in [-0.2, -0.15) is 0 Å². The zero-order chi connectivity index (χ0) is 16.2. The minimum absolute atomic E-state index is 0.233. The van der Waals surface area contributed by atoms with Crippen molar-refractivity contribution in [1.29, 1.82) is 0 Å². The van der Waals surface area contributed by atoms with Crippen molar-refractivity contribution in [2.45, 2.75) is 19.6 Å². The number of nitrogens with one attached hydrogen (secondary N) is 2. The second kappa shape index (κ2) is 6.89. The number of hydrogen-bond donors (Lipinski definition) is 2. The van der Waals surface area contributed by atoms with E-state index in [4.69, 9.17) is 4.74 Å². The van der Waals surface area contributed by atoms with Crippen LogP contribution < -0.4 is 10.6 Å². The zero-order valence-electron chi connectivity index (χ0n) is 13.0. The van der Waals surface area contributed by atoms with Crippen molar-refractivity contribution in [2.75, 3.05) is 19.0 Å². The summed E-state index contributed by atoms with van der Waals surface area (Å²) in [7, 11) is 1.62. The van der Waals surface area contributed by atoms with Crippen LogP contribution >= 0.6 is 0 Å². The molecule has 5 heteroatoms. The van der Waals surface area contributed by atoms with Gasteiger partial charge in [0.1, 0.15) is 5.82 Å². The lowest BCUT2D eigenvalue weighted by atomic mass is 9.99. The second-order valence-corrected chi connectivity index (χ2v) is 5.58. The van der Waals surface area contributed by atoms with Gasteiger partial charge >= 0.3 is 0 Å². The van der Waals surface area contributed by atoms with Gasteiger partial charge in [0.15, 0.2) is 0 Å². The molecule has 0 aliphatic carbocycles. The Hall–Kier alpha value is -2.24. The molecule has 0 radical (unpaired) electrons. The third-order valence-electron chi connectivity index (χ3n) is 3.98. The molecule has 0 spiro atoms. The van der Waals surface area contributed by atoms with Crippen LogP contribution in [0.15, 0.2) is 36.4 Å². The van der Waals surface area contributed by atoms with E-state index in [1.165, 1.54) is 0 Å². The molecule has 0 saturated carbocycles. The first kappa shape index (κ1) is 15.6. The molecular weight excluding hydrogens is 295 g/mol. The van der Waals surface area contributed by atoms with Crippen molar-refractivity contribution in [3.8, 4) is 0 Å². The topological polar surface area (TPSA) is 50.4 Å². The van der Waals surface area contributed by atoms with Crippen LogP contribution in [0.5, 0.6) is 0 Å². The van der Waals surface area contributed by atoms with E-state index in [2.05, 4.69) is 10.6 Å². The molecule has 2 aromatic rings. The van der Waals surface area contributed by atoms with Crippen molar-refractivity contribution in [3.05, 3.63) is 64.5 Å². The molecule has 2 aromatic carbocycles. The van der Waals surface area contributed by atoms with Crippen LogP contribution in [0, 0.1) is 5.82 Å². The van der Waals surface area contributed by atoms with Crippen molar-refractivity contribution in [2.24, 2.45) is 0 Å². The Morgan fingerprint density at radius 3 is 2.78 bits per heavy atom. The molecule has 1 amide bonds. The molecule has 0 saturated heterocycles. The SMILES string of the molecule is COCc1ccc(C(=O)Nc2ccc3c(c2F)CCNC3)cc1. The fraction of sp³-hybridized carbons (Fsp3) is 0.278. The Labute approximate surface area is 134 Å². The van der Waals surface area contributed by atoms with Crippen LogP contribution in [0.4, 0.5) is 10.1 Å². The Bertz CT molecular complexity index is 714. The summed E-state index contributed by atoms with van der Waals surface area (Å²) >= 11 is 0. The van der Waals surface area contributed by atoms with Crippen molar-refractivity contribution >= 4 is 11.6 Å². The van der Waals surface area contributed by atoms with Gasteiger partial charge in [0, 0.05) is 19.2 Å². The van der Waals surface area contributed by atoms with E-state index in [0.29, 0.717) is 30.7 Å². The molecule has 1 heterocycles. The number of fused-ring (bicyclic) bond motifs is 1. The molecule has 0 unspecified atom stereocenters. The van der Waals surface area contributed by atoms with Crippen LogP contribution in [0.25, 0.3) is 0 Å². The zero-order valence-corrected chi connectivity index (χ0v) is 13.0. The van der Waals surface area contributed by atoms with E-state index < -0.39 is 0 Å². The Morgan fingerprint density at radius 2 is 2.04 bits per heavy atom. The molecule has 1 aliphatic rings. The van der Waals surface area contributed by atoms with Gasteiger partial charge in [-0.3, -0.25) is 4.79 Å². The number of methoxy groups -OCH3 is 1. The van der Waals surface area contributed by atoms with Crippen LogP contribution in [-0.4, -0.2) is 19.6 Å². The highest BCUT2D eigenvalue weighted by atomic mass is 19.1. The van der Waals surface area contributed by atoms with E-state index in [1.54, 1.807) is 25.3 Å². The summed E-state index contributed by atoms with van der Waals surface area (Å²) < 4.78 is 19.6. The second-order valence-electron chi connectivity index (χ2n) is 5.58. The number of anilines is 1. The summed E-state index contributed by atoms with van der Waals surface area (Å²) in [6, 6.07) is 10.6. The molecular formula is C18H19FN2O2. The molecule has 0 atom stereocenters. The van der Waals surface area contributed by atoms with Crippen LogP contribution in [0.3, 0.4) is 0 Å². The highest BCUT2D eigenvalue weighted by molar-refractivity contribution is 6.04. The monoisotopic (exact) mass is 314 g/mol. The minimum Gasteiger partial charge on any atom is -0.380 e. The molecule has 0 aromatic heterocycles. The lowest BCUT2D eigenvalue weighted by Gasteiger charge is -2.19. The van der Waals surface area contributed by atoms with Gasteiger partial charge in [-0.1, -0.05) is 18.2 Å². The van der Waals surface area contributed by atoms with Gasteiger partial charge in [0.05, 0.1) is 12.3 Å². The van der Waals surface area contributed by atoms with Gasteiger partial charge in [-0.05, 0) is 47.9 Å². The third-order valence-corrected chi connectivity index (χ3v) is 3.98. The average Bonchev–Trinajstić information content (AvgIpc) is 2.58. The molecule has 2 N–H and O–H groups in total. The summed E-state index contributed by atoms with van der Waals surface area (Å²) in [4.78, 5) is 12.3. The first-order valence-corrected chi connectivity index (χ1v) is 7.59. The Balaban J connectivity index is 1.77. The number of ether oxygens (including phenoxy) is 1. The average molecular weight is 314 g/mol. The molecule has 0 bridgehead atoms. The smallest absolute Gasteiger partial charge is 0.255 e. The molecule has 120 valence electrons. The largest absolute Gasteiger partial charge is 0.380 e. The quantitative estimate of drug-likeness (QED) is 0.912. The van der Waals surface area contributed by atoms with Crippen molar-refractivity contribution < 1.29 is 13.9 Å². The van der Waals surface area contributed by atoms with Gasteiger partial charge in [-0.15, -0.1) is 0 Å². The standard InChI is InChI=1S/C18H19FN2O2/c1-23-11-12-2-4-13(5-3-12)18(22)21-16-7-6-14-10-20-9-8-15(14)17(16)19/h2-7,20H,8-11H2,1H3,(H,21,22). The number of benzene rings is 2. The Morgan fingerprint density at radius 1 is 1.26 bits per heavy atom. The maximum absolute atomic E-state index is 14.5. The first-order valence-electron chi connectivity index (χ1n) is 7.59. The summed E-state index contributed by atoms with van der Waals surface area (Å²) in [5.41, 5.74) is 3.35. The van der Waals surface area contributed by atoms with Crippen LogP contribution in [0.1, 0.15) is 27.0 Å². The van der Waals surface area contributed by atoms with Crippen molar-refractivity contribution in [1.82, 2.24) is 5.32 Å². The molecule has 4 nitrogen and oxygen atoms in total. The Kier molecular flexibility index (Phi) is 4.69. The van der Waals surface area contributed by atoms with Crippen LogP contribution in [-0.2, 0) is 24.3 Å². The highest BCUT2D eigenvalue weighted by Crippen LogP contribution is 2.25. The minimum atomic E-state index is -0.326. The maximum Gasteiger partial charge on any atom is 0.255 e. The summed E-state index contributed by atoms with van der Waals surface area (Å²) in [5, 5.41) is 5.87. The van der Waals surface area contributed by atoms with Gasteiger partial charge in [0.25, 0.3) is 5.91 Å².